The van der Waals surface area contributed by atoms with Gasteiger partial charge in [0.1, 0.15) is 11.6 Å². The second-order valence-electron chi connectivity index (χ2n) is 8.84. The molecule has 0 bridgehead atoms. The summed E-state index contributed by atoms with van der Waals surface area (Å²) < 4.78 is 61.5. The molecule has 3 aromatic rings. The van der Waals surface area contributed by atoms with Crippen molar-refractivity contribution in [1.82, 2.24) is 4.98 Å². The quantitative estimate of drug-likeness (QED) is 0.342. The molecule has 1 atom stereocenters. The number of benzene rings is 2. The zero-order valence-electron chi connectivity index (χ0n) is 19.1. The lowest BCUT2D eigenvalue weighted by Gasteiger charge is -2.36. The standard InChI is InChI=1S/C25H26F4N2O2/c1-15-6-10-20-18(9-7-16(2)31-20)22(15)30-14-24(32,25(27,28)29)13-23(3,4)19-12-17(26)8-11-21(19)33-5/h6-12,14,32H,13H2,1-5H3/b30-14+. The molecule has 0 saturated heterocycles. The summed E-state index contributed by atoms with van der Waals surface area (Å²) in [6.07, 6.45) is -5.29. The second-order valence-corrected chi connectivity index (χ2v) is 8.84. The maximum absolute atomic E-state index is 14.1. The predicted molar refractivity (Wildman–Crippen MR) is 121 cm³/mol. The third-order valence-corrected chi connectivity index (χ3v) is 5.68. The minimum atomic E-state index is -5.03. The van der Waals surface area contributed by atoms with Crippen LogP contribution in [0.3, 0.4) is 0 Å². The average molecular weight is 462 g/mol. The van der Waals surface area contributed by atoms with Gasteiger partial charge in [0.15, 0.2) is 5.60 Å². The van der Waals surface area contributed by atoms with Crippen molar-refractivity contribution in [2.75, 3.05) is 7.11 Å². The Balaban J connectivity index is 2.08. The minimum absolute atomic E-state index is 0.210. The lowest BCUT2D eigenvalue weighted by molar-refractivity contribution is -0.234. The fourth-order valence-electron chi connectivity index (χ4n) is 3.94. The molecule has 8 heteroatoms. The van der Waals surface area contributed by atoms with Gasteiger partial charge in [-0.15, -0.1) is 0 Å². The lowest BCUT2D eigenvalue weighted by atomic mass is 9.74. The fourth-order valence-corrected chi connectivity index (χ4v) is 3.94. The molecule has 0 fully saturated rings. The van der Waals surface area contributed by atoms with Crippen molar-refractivity contribution >= 4 is 22.8 Å². The van der Waals surface area contributed by atoms with Crippen molar-refractivity contribution < 1.29 is 27.4 Å². The molecule has 0 aliphatic rings. The summed E-state index contributed by atoms with van der Waals surface area (Å²) in [5, 5.41) is 11.4. The SMILES string of the molecule is COc1ccc(F)cc1C(C)(C)CC(O)(/C=N/c1c(C)ccc2nc(C)ccc12)C(F)(F)F. The molecule has 4 nitrogen and oxygen atoms in total. The van der Waals surface area contributed by atoms with E-state index in [1.54, 1.807) is 31.2 Å². The highest BCUT2D eigenvalue weighted by Gasteiger charge is 2.55. The van der Waals surface area contributed by atoms with E-state index in [0.29, 0.717) is 28.4 Å². The Morgan fingerprint density at radius 3 is 2.39 bits per heavy atom. The Labute approximate surface area is 190 Å². The first-order valence-electron chi connectivity index (χ1n) is 10.3. The third-order valence-electron chi connectivity index (χ3n) is 5.68. The van der Waals surface area contributed by atoms with Gasteiger partial charge >= 0.3 is 6.18 Å². The topological polar surface area (TPSA) is 54.7 Å². The Bertz CT molecular complexity index is 1200. The maximum Gasteiger partial charge on any atom is 0.422 e. The Morgan fingerprint density at radius 1 is 1.06 bits per heavy atom. The van der Waals surface area contributed by atoms with Crippen LogP contribution in [0.4, 0.5) is 23.2 Å². The number of nitrogens with zero attached hydrogens (tertiary/aromatic N) is 2. The molecule has 0 amide bonds. The monoisotopic (exact) mass is 462 g/mol. The molecule has 1 N–H and O–H groups in total. The largest absolute Gasteiger partial charge is 0.496 e. The van der Waals surface area contributed by atoms with E-state index >= 15 is 0 Å². The van der Waals surface area contributed by atoms with Crippen molar-refractivity contribution in [3.63, 3.8) is 0 Å². The number of fused-ring (bicyclic) bond motifs is 1. The van der Waals surface area contributed by atoms with Gasteiger partial charge in [-0.1, -0.05) is 19.9 Å². The Morgan fingerprint density at radius 2 is 1.76 bits per heavy atom. The zero-order valence-corrected chi connectivity index (χ0v) is 19.1. The predicted octanol–water partition coefficient (Wildman–Crippen LogP) is 6.36. The van der Waals surface area contributed by atoms with E-state index in [-0.39, 0.29) is 11.3 Å². The van der Waals surface area contributed by atoms with Crippen LogP contribution < -0.4 is 4.74 Å². The van der Waals surface area contributed by atoms with Crippen LogP contribution in [0.5, 0.6) is 5.75 Å². The molecular formula is C25H26F4N2O2. The molecule has 1 heterocycles. The Kier molecular flexibility index (Phi) is 6.53. The molecule has 0 radical (unpaired) electrons. The van der Waals surface area contributed by atoms with Crippen LogP contribution in [0, 0.1) is 19.7 Å². The highest BCUT2D eigenvalue weighted by Crippen LogP contribution is 2.43. The molecule has 176 valence electrons. The van der Waals surface area contributed by atoms with E-state index in [1.807, 2.05) is 6.92 Å². The van der Waals surface area contributed by atoms with E-state index in [1.165, 1.54) is 27.0 Å². The van der Waals surface area contributed by atoms with Crippen molar-refractivity contribution in [3.8, 4) is 5.75 Å². The van der Waals surface area contributed by atoms with E-state index in [4.69, 9.17) is 4.74 Å². The van der Waals surface area contributed by atoms with E-state index in [0.717, 1.165) is 17.8 Å². The number of halogens is 4. The number of pyridine rings is 1. The van der Waals surface area contributed by atoms with Gasteiger partial charge < -0.3 is 9.84 Å². The van der Waals surface area contributed by atoms with Gasteiger partial charge in [-0.2, -0.15) is 13.2 Å². The number of aryl methyl sites for hydroxylation is 2. The molecule has 1 unspecified atom stereocenters. The van der Waals surface area contributed by atoms with Gasteiger partial charge in [0.2, 0.25) is 0 Å². The molecule has 0 aliphatic heterocycles. The highest BCUT2D eigenvalue weighted by molar-refractivity contribution is 5.93. The van der Waals surface area contributed by atoms with Gasteiger partial charge in [-0.3, -0.25) is 9.98 Å². The van der Waals surface area contributed by atoms with Gasteiger partial charge in [0.25, 0.3) is 0 Å². The number of alkyl halides is 3. The molecule has 0 spiro atoms. The average Bonchev–Trinajstić information content (AvgIpc) is 2.72. The summed E-state index contributed by atoms with van der Waals surface area (Å²) in [7, 11) is 1.35. The van der Waals surface area contributed by atoms with Crippen LogP contribution in [-0.2, 0) is 5.41 Å². The molecule has 1 aromatic heterocycles. The summed E-state index contributed by atoms with van der Waals surface area (Å²) in [4.78, 5) is 8.49. The molecule has 33 heavy (non-hydrogen) atoms. The van der Waals surface area contributed by atoms with Gasteiger partial charge in [0.05, 0.1) is 18.3 Å². The van der Waals surface area contributed by atoms with Crippen molar-refractivity contribution in [2.45, 2.75) is 51.3 Å². The van der Waals surface area contributed by atoms with Crippen LogP contribution in [0.15, 0.2) is 47.5 Å². The van der Waals surface area contributed by atoms with E-state index < -0.39 is 29.4 Å². The molecule has 0 saturated carbocycles. The number of aliphatic imine (C=N–C) groups is 1. The summed E-state index contributed by atoms with van der Waals surface area (Å²) in [5.74, 6) is -0.383. The maximum atomic E-state index is 14.1. The zero-order chi connectivity index (χ0) is 24.6. The minimum Gasteiger partial charge on any atom is -0.496 e. The van der Waals surface area contributed by atoms with Crippen LogP contribution in [-0.4, -0.2) is 35.2 Å². The number of methoxy groups -OCH3 is 1. The summed E-state index contributed by atoms with van der Waals surface area (Å²) >= 11 is 0. The molecular weight excluding hydrogens is 436 g/mol. The number of rotatable bonds is 6. The van der Waals surface area contributed by atoms with Crippen molar-refractivity contribution in [1.29, 1.82) is 0 Å². The second kappa shape index (κ2) is 8.74. The fraction of sp³-hybridized carbons (Fsp3) is 0.360. The first-order chi connectivity index (χ1) is 15.3. The number of ether oxygens (including phenoxy) is 1. The Hall–Kier alpha value is -3.00. The molecule has 0 aliphatic carbocycles. The first-order valence-corrected chi connectivity index (χ1v) is 10.3. The number of aromatic nitrogens is 1. The van der Waals surface area contributed by atoms with Crippen LogP contribution >= 0.6 is 0 Å². The molecule has 2 aromatic carbocycles. The summed E-state index contributed by atoms with van der Waals surface area (Å²) in [6.45, 7) is 6.52. The van der Waals surface area contributed by atoms with Crippen molar-refractivity contribution in [2.24, 2.45) is 4.99 Å². The van der Waals surface area contributed by atoms with E-state index in [2.05, 4.69) is 9.98 Å². The van der Waals surface area contributed by atoms with Crippen LogP contribution in [0.2, 0.25) is 0 Å². The van der Waals surface area contributed by atoms with Gasteiger partial charge in [0, 0.05) is 22.9 Å². The normalized spacial score (nSPS) is 14.6. The van der Waals surface area contributed by atoms with Crippen molar-refractivity contribution in [3.05, 3.63) is 65.1 Å². The number of aliphatic hydroxyl groups is 1. The number of hydrogen-bond donors (Lipinski definition) is 1. The first kappa shape index (κ1) is 24.6. The third kappa shape index (κ3) is 5.00. The smallest absolute Gasteiger partial charge is 0.422 e. The highest BCUT2D eigenvalue weighted by atomic mass is 19.4. The van der Waals surface area contributed by atoms with Gasteiger partial charge in [-0.05, 0) is 67.6 Å². The van der Waals surface area contributed by atoms with E-state index in [9.17, 15) is 22.7 Å². The number of hydrogen-bond acceptors (Lipinski definition) is 4. The molecule has 3 rings (SSSR count). The van der Waals surface area contributed by atoms with Crippen LogP contribution in [0.25, 0.3) is 10.9 Å². The lowest BCUT2D eigenvalue weighted by Crippen LogP contribution is -2.50. The summed E-state index contributed by atoms with van der Waals surface area (Å²) in [6, 6.07) is 10.6. The van der Waals surface area contributed by atoms with Gasteiger partial charge in [-0.25, -0.2) is 4.39 Å². The summed E-state index contributed by atoms with van der Waals surface area (Å²) in [5.41, 5.74) is -2.09. The van der Waals surface area contributed by atoms with Crippen LogP contribution in [0.1, 0.15) is 37.1 Å².